The molecular weight excluding hydrogens is 436 g/mol. The number of benzene rings is 2. The lowest BCUT2D eigenvalue weighted by atomic mass is 9.93. The number of hydrogen-bond donors (Lipinski definition) is 1. The van der Waals surface area contributed by atoms with Gasteiger partial charge in [-0.15, -0.1) is 0 Å². The standard InChI is InChI=1S/C22H25BrN2O4/c1-5-10-25-18-9-6-14(11-19(18)29-13-22(2,3)21(25)27)24-20(26)16-12-15(28-4)7-8-17(16)23/h6-9,11-12H,5,10,13H2,1-4H3,(H,24,26). The van der Waals surface area contributed by atoms with Crippen LogP contribution in [0.3, 0.4) is 0 Å². The molecule has 1 heterocycles. The fraction of sp³-hybridized carbons (Fsp3) is 0.364. The first kappa shape index (κ1) is 21.2. The summed E-state index contributed by atoms with van der Waals surface area (Å²) in [5.41, 5.74) is 1.16. The molecule has 0 bridgehead atoms. The van der Waals surface area contributed by atoms with E-state index >= 15 is 0 Å². The first-order valence-corrected chi connectivity index (χ1v) is 10.3. The number of hydrogen-bond acceptors (Lipinski definition) is 4. The van der Waals surface area contributed by atoms with E-state index in [-0.39, 0.29) is 18.4 Å². The molecule has 7 heteroatoms. The zero-order valence-electron chi connectivity index (χ0n) is 17.0. The van der Waals surface area contributed by atoms with E-state index in [0.717, 1.165) is 12.1 Å². The second kappa shape index (κ2) is 8.45. The molecule has 2 aromatic carbocycles. The average Bonchev–Trinajstić information content (AvgIpc) is 2.79. The number of ether oxygens (including phenoxy) is 2. The molecule has 2 amide bonds. The van der Waals surface area contributed by atoms with Gasteiger partial charge in [-0.1, -0.05) is 6.92 Å². The highest BCUT2D eigenvalue weighted by Gasteiger charge is 2.37. The van der Waals surface area contributed by atoms with E-state index in [1.165, 1.54) is 0 Å². The minimum atomic E-state index is -0.622. The molecule has 0 spiro atoms. The Bertz CT molecular complexity index is 942. The lowest BCUT2D eigenvalue weighted by molar-refractivity contribution is -0.127. The molecule has 0 fully saturated rings. The number of carbonyl (C=O) groups is 2. The highest BCUT2D eigenvalue weighted by molar-refractivity contribution is 9.10. The first-order chi connectivity index (χ1) is 13.8. The number of halogens is 1. The molecule has 0 aliphatic carbocycles. The number of anilines is 2. The number of nitrogens with zero attached hydrogens (tertiary/aromatic N) is 1. The van der Waals surface area contributed by atoms with Crippen LogP contribution in [0.1, 0.15) is 37.6 Å². The maximum atomic E-state index is 12.9. The minimum Gasteiger partial charge on any atom is -0.497 e. The summed E-state index contributed by atoms with van der Waals surface area (Å²) in [6.45, 7) is 6.69. The topological polar surface area (TPSA) is 67.9 Å². The fourth-order valence-electron chi connectivity index (χ4n) is 3.17. The van der Waals surface area contributed by atoms with Crippen molar-refractivity contribution < 1.29 is 19.1 Å². The third-order valence-electron chi connectivity index (χ3n) is 4.79. The van der Waals surface area contributed by atoms with Crippen LogP contribution >= 0.6 is 15.9 Å². The van der Waals surface area contributed by atoms with Crippen LogP contribution in [-0.4, -0.2) is 32.1 Å². The smallest absolute Gasteiger partial charge is 0.256 e. The van der Waals surface area contributed by atoms with Gasteiger partial charge in [0.25, 0.3) is 5.91 Å². The van der Waals surface area contributed by atoms with Gasteiger partial charge in [0, 0.05) is 22.8 Å². The Morgan fingerprint density at radius 3 is 2.72 bits per heavy atom. The van der Waals surface area contributed by atoms with E-state index in [1.807, 2.05) is 26.8 Å². The summed E-state index contributed by atoms with van der Waals surface area (Å²) >= 11 is 3.40. The molecule has 0 unspecified atom stereocenters. The second-order valence-electron chi connectivity index (χ2n) is 7.61. The van der Waals surface area contributed by atoms with Gasteiger partial charge >= 0.3 is 0 Å². The van der Waals surface area contributed by atoms with Crippen LogP contribution in [0.25, 0.3) is 0 Å². The van der Waals surface area contributed by atoms with Gasteiger partial charge in [0.1, 0.15) is 18.1 Å². The van der Waals surface area contributed by atoms with Crippen LogP contribution < -0.4 is 19.7 Å². The quantitative estimate of drug-likeness (QED) is 0.690. The molecule has 29 heavy (non-hydrogen) atoms. The molecule has 0 saturated carbocycles. The van der Waals surface area contributed by atoms with Gasteiger partial charge in [-0.3, -0.25) is 9.59 Å². The Morgan fingerprint density at radius 2 is 2.03 bits per heavy atom. The van der Waals surface area contributed by atoms with Crippen molar-refractivity contribution >= 4 is 39.1 Å². The highest BCUT2D eigenvalue weighted by Crippen LogP contribution is 2.38. The fourth-order valence-corrected chi connectivity index (χ4v) is 3.60. The van der Waals surface area contributed by atoms with Crippen molar-refractivity contribution in [1.82, 2.24) is 0 Å². The summed E-state index contributed by atoms with van der Waals surface area (Å²) < 4.78 is 11.8. The maximum absolute atomic E-state index is 12.9. The Kier molecular flexibility index (Phi) is 6.17. The number of carbonyl (C=O) groups excluding carboxylic acids is 2. The van der Waals surface area contributed by atoms with Gasteiger partial charge in [-0.25, -0.2) is 0 Å². The number of methoxy groups -OCH3 is 1. The van der Waals surface area contributed by atoms with Crippen molar-refractivity contribution in [3.05, 3.63) is 46.4 Å². The summed E-state index contributed by atoms with van der Waals surface area (Å²) in [7, 11) is 1.56. The number of nitrogens with one attached hydrogen (secondary N) is 1. The Hall–Kier alpha value is -2.54. The first-order valence-electron chi connectivity index (χ1n) is 9.50. The maximum Gasteiger partial charge on any atom is 0.256 e. The predicted molar refractivity (Wildman–Crippen MR) is 117 cm³/mol. The molecule has 2 aromatic rings. The van der Waals surface area contributed by atoms with Gasteiger partial charge in [0.2, 0.25) is 5.91 Å². The summed E-state index contributed by atoms with van der Waals surface area (Å²) in [5.74, 6) is 0.945. The zero-order chi connectivity index (χ0) is 21.2. The lowest BCUT2D eigenvalue weighted by Crippen LogP contribution is -2.42. The van der Waals surface area contributed by atoms with Gasteiger partial charge in [0.05, 0.1) is 23.8 Å². The highest BCUT2D eigenvalue weighted by atomic mass is 79.9. The lowest BCUT2D eigenvalue weighted by Gasteiger charge is -2.27. The van der Waals surface area contributed by atoms with Crippen molar-refractivity contribution in [2.75, 3.05) is 30.5 Å². The van der Waals surface area contributed by atoms with Gasteiger partial charge < -0.3 is 19.7 Å². The van der Waals surface area contributed by atoms with E-state index in [0.29, 0.717) is 33.8 Å². The largest absolute Gasteiger partial charge is 0.497 e. The second-order valence-corrected chi connectivity index (χ2v) is 8.47. The van der Waals surface area contributed by atoms with E-state index < -0.39 is 5.41 Å². The number of fused-ring (bicyclic) bond motifs is 1. The summed E-state index contributed by atoms with van der Waals surface area (Å²) in [5, 5.41) is 2.89. The van der Waals surface area contributed by atoms with Crippen molar-refractivity contribution in [3.63, 3.8) is 0 Å². The Morgan fingerprint density at radius 1 is 1.28 bits per heavy atom. The normalized spacial score (nSPS) is 15.2. The SMILES string of the molecule is CCCN1C(=O)C(C)(C)COc2cc(NC(=O)c3cc(OC)ccc3Br)ccc21. The van der Waals surface area contributed by atoms with Gasteiger partial charge in [-0.2, -0.15) is 0 Å². The zero-order valence-corrected chi connectivity index (χ0v) is 18.6. The minimum absolute atomic E-state index is 0.0372. The predicted octanol–water partition coefficient (Wildman–Crippen LogP) is 4.87. The van der Waals surface area contributed by atoms with Crippen LogP contribution in [0.15, 0.2) is 40.9 Å². The monoisotopic (exact) mass is 460 g/mol. The van der Waals surface area contributed by atoms with Crippen molar-refractivity contribution in [2.45, 2.75) is 27.2 Å². The Labute approximate surface area is 179 Å². The summed E-state index contributed by atoms with van der Waals surface area (Å²) in [4.78, 5) is 27.5. The van der Waals surface area contributed by atoms with Crippen molar-refractivity contribution in [3.8, 4) is 11.5 Å². The van der Waals surface area contributed by atoms with Crippen molar-refractivity contribution in [1.29, 1.82) is 0 Å². The van der Waals surface area contributed by atoms with E-state index in [2.05, 4.69) is 21.2 Å². The third kappa shape index (κ3) is 4.40. The third-order valence-corrected chi connectivity index (χ3v) is 5.48. The Balaban J connectivity index is 1.90. The molecule has 0 aromatic heterocycles. The van der Waals surface area contributed by atoms with Crippen LogP contribution in [-0.2, 0) is 4.79 Å². The number of rotatable bonds is 5. The molecule has 0 atom stereocenters. The van der Waals surface area contributed by atoms with Gasteiger partial charge in [-0.05, 0) is 66.5 Å². The molecule has 6 nitrogen and oxygen atoms in total. The summed E-state index contributed by atoms with van der Waals surface area (Å²) in [6, 6.07) is 10.6. The van der Waals surface area contributed by atoms with E-state index in [4.69, 9.17) is 9.47 Å². The van der Waals surface area contributed by atoms with E-state index in [1.54, 1.807) is 42.3 Å². The molecule has 0 saturated heterocycles. The van der Waals surface area contributed by atoms with Gasteiger partial charge in [0.15, 0.2) is 0 Å². The van der Waals surface area contributed by atoms with Crippen LogP contribution in [0, 0.1) is 5.41 Å². The molecule has 0 radical (unpaired) electrons. The van der Waals surface area contributed by atoms with Crippen molar-refractivity contribution in [2.24, 2.45) is 5.41 Å². The molecule has 3 rings (SSSR count). The average molecular weight is 461 g/mol. The molecule has 1 aliphatic rings. The number of amides is 2. The molecular formula is C22H25BrN2O4. The van der Waals surface area contributed by atoms with Crippen LogP contribution in [0.5, 0.6) is 11.5 Å². The van der Waals surface area contributed by atoms with Crippen LogP contribution in [0.2, 0.25) is 0 Å². The van der Waals surface area contributed by atoms with Crippen LogP contribution in [0.4, 0.5) is 11.4 Å². The molecule has 154 valence electrons. The summed E-state index contributed by atoms with van der Waals surface area (Å²) in [6.07, 6.45) is 0.837. The molecule has 1 N–H and O–H groups in total. The van der Waals surface area contributed by atoms with E-state index in [9.17, 15) is 9.59 Å². The molecule has 1 aliphatic heterocycles.